The molecule has 0 aliphatic carbocycles. The highest BCUT2D eigenvalue weighted by atomic mass is 16.5. The van der Waals surface area contributed by atoms with Gasteiger partial charge in [-0.25, -0.2) is 0 Å². The van der Waals surface area contributed by atoms with E-state index in [-0.39, 0.29) is 6.10 Å². The third-order valence-corrected chi connectivity index (χ3v) is 3.07. The molecule has 0 saturated carbocycles. The molecule has 0 amide bonds. The lowest BCUT2D eigenvalue weighted by Gasteiger charge is -2.30. The Morgan fingerprint density at radius 1 is 1.50 bits per heavy atom. The van der Waals surface area contributed by atoms with Crippen molar-refractivity contribution in [3.8, 4) is 0 Å². The highest BCUT2D eigenvalue weighted by Gasteiger charge is 2.23. The van der Waals surface area contributed by atoms with E-state index < -0.39 is 0 Å². The van der Waals surface area contributed by atoms with Crippen molar-refractivity contribution in [2.75, 3.05) is 13.1 Å². The summed E-state index contributed by atoms with van der Waals surface area (Å²) in [6.45, 7) is 8.54. The van der Waals surface area contributed by atoms with Crippen molar-refractivity contribution in [3.63, 3.8) is 0 Å². The maximum Gasteiger partial charge on any atom is 0.137 e. The van der Waals surface area contributed by atoms with Gasteiger partial charge < -0.3 is 9.64 Å². The van der Waals surface area contributed by atoms with E-state index in [1.807, 2.05) is 6.92 Å². The Balaban J connectivity index is 1.94. The Morgan fingerprint density at radius 2 is 2.21 bits per heavy atom. The lowest BCUT2D eigenvalue weighted by molar-refractivity contribution is 0.102. The molecule has 0 aromatic heterocycles. The second kappa shape index (κ2) is 4.07. The van der Waals surface area contributed by atoms with Crippen molar-refractivity contribution in [2.24, 2.45) is 0 Å². The van der Waals surface area contributed by atoms with E-state index in [2.05, 4.69) is 17.6 Å². The van der Waals surface area contributed by atoms with Gasteiger partial charge in [0.2, 0.25) is 0 Å². The van der Waals surface area contributed by atoms with Gasteiger partial charge in [-0.3, -0.25) is 0 Å². The van der Waals surface area contributed by atoms with Crippen molar-refractivity contribution >= 4 is 0 Å². The zero-order chi connectivity index (χ0) is 9.97. The molecule has 1 unspecified atom stereocenters. The Hall–Kier alpha value is -0.920. The Kier molecular flexibility index (Phi) is 2.80. The zero-order valence-electron chi connectivity index (χ0n) is 8.96. The largest absolute Gasteiger partial charge is 0.489 e. The average Bonchev–Trinajstić information content (AvgIpc) is 2.69. The van der Waals surface area contributed by atoms with Crippen molar-refractivity contribution in [2.45, 2.75) is 38.7 Å². The van der Waals surface area contributed by atoms with Crippen LogP contribution in [0.5, 0.6) is 0 Å². The van der Waals surface area contributed by atoms with Gasteiger partial charge in [-0.2, -0.15) is 0 Å². The molecule has 78 valence electrons. The molecule has 0 radical (unpaired) electrons. The minimum absolute atomic E-state index is 0.234. The summed E-state index contributed by atoms with van der Waals surface area (Å²) in [6, 6.07) is 0. The second-order valence-corrected chi connectivity index (χ2v) is 4.18. The normalized spacial score (nSPS) is 27.1. The fourth-order valence-electron chi connectivity index (χ4n) is 2.21. The van der Waals surface area contributed by atoms with Crippen LogP contribution in [0.4, 0.5) is 0 Å². The molecule has 2 nitrogen and oxygen atoms in total. The molecule has 0 bridgehead atoms. The first-order valence-corrected chi connectivity index (χ1v) is 5.54. The van der Waals surface area contributed by atoms with E-state index in [4.69, 9.17) is 4.74 Å². The smallest absolute Gasteiger partial charge is 0.137 e. The summed E-state index contributed by atoms with van der Waals surface area (Å²) in [5.41, 5.74) is 1.19. The molecule has 1 saturated heterocycles. The summed E-state index contributed by atoms with van der Waals surface area (Å²) in [5, 5.41) is 0. The number of allylic oxidation sites excluding steroid dienone is 2. The molecular weight excluding hydrogens is 174 g/mol. The summed E-state index contributed by atoms with van der Waals surface area (Å²) >= 11 is 0. The molecule has 2 aliphatic heterocycles. The SMILES string of the molecule is C=C(C1CCC=C(C)O1)N1CCCC1. The van der Waals surface area contributed by atoms with Gasteiger partial charge in [0.25, 0.3) is 0 Å². The van der Waals surface area contributed by atoms with Crippen LogP contribution in [0.3, 0.4) is 0 Å². The van der Waals surface area contributed by atoms with E-state index in [1.54, 1.807) is 0 Å². The highest BCUT2D eigenvalue weighted by Crippen LogP contribution is 2.25. The fraction of sp³-hybridized carbons (Fsp3) is 0.667. The van der Waals surface area contributed by atoms with Gasteiger partial charge in [0.15, 0.2) is 0 Å². The van der Waals surface area contributed by atoms with E-state index in [9.17, 15) is 0 Å². The standard InChI is InChI=1S/C12H19NO/c1-10-6-5-7-12(14-10)11(2)13-8-3-4-9-13/h6,12H,2-5,7-9H2,1H3. The molecule has 2 heteroatoms. The molecule has 2 heterocycles. The summed E-state index contributed by atoms with van der Waals surface area (Å²) in [6.07, 6.45) is 7.23. The summed E-state index contributed by atoms with van der Waals surface area (Å²) in [5.74, 6) is 1.06. The first kappa shape index (κ1) is 9.63. The molecule has 1 atom stereocenters. The van der Waals surface area contributed by atoms with Crippen LogP contribution >= 0.6 is 0 Å². The van der Waals surface area contributed by atoms with Gasteiger partial charge in [0.05, 0.1) is 5.76 Å². The number of hydrogen-bond acceptors (Lipinski definition) is 2. The van der Waals surface area contributed by atoms with E-state index in [0.29, 0.717) is 0 Å². The number of hydrogen-bond donors (Lipinski definition) is 0. The van der Waals surface area contributed by atoms with Crippen LogP contribution < -0.4 is 0 Å². The Labute approximate surface area is 86.2 Å². The minimum Gasteiger partial charge on any atom is -0.489 e. The summed E-state index contributed by atoms with van der Waals surface area (Å²) in [4.78, 5) is 2.38. The Bertz CT molecular complexity index is 251. The predicted octanol–water partition coefficient (Wildman–Crippen LogP) is 2.68. The van der Waals surface area contributed by atoms with E-state index >= 15 is 0 Å². The van der Waals surface area contributed by atoms with Crippen molar-refractivity contribution < 1.29 is 4.74 Å². The van der Waals surface area contributed by atoms with Crippen molar-refractivity contribution in [1.82, 2.24) is 4.90 Å². The number of rotatable bonds is 2. The lowest BCUT2D eigenvalue weighted by Crippen LogP contribution is -2.29. The minimum atomic E-state index is 0.234. The second-order valence-electron chi connectivity index (χ2n) is 4.18. The first-order valence-electron chi connectivity index (χ1n) is 5.54. The fourth-order valence-corrected chi connectivity index (χ4v) is 2.21. The maximum atomic E-state index is 5.78. The number of nitrogens with zero attached hydrogens (tertiary/aromatic N) is 1. The first-order chi connectivity index (χ1) is 6.77. The molecule has 0 aromatic carbocycles. The Morgan fingerprint density at radius 3 is 2.86 bits per heavy atom. The van der Waals surface area contributed by atoms with Gasteiger partial charge in [0.1, 0.15) is 6.10 Å². The maximum absolute atomic E-state index is 5.78. The van der Waals surface area contributed by atoms with Crippen molar-refractivity contribution in [3.05, 3.63) is 24.1 Å². The van der Waals surface area contributed by atoms with Crippen LogP contribution in [0.1, 0.15) is 32.6 Å². The van der Waals surface area contributed by atoms with Gasteiger partial charge in [0, 0.05) is 18.8 Å². The topological polar surface area (TPSA) is 12.5 Å². The van der Waals surface area contributed by atoms with Crippen LogP contribution in [0.15, 0.2) is 24.1 Å². The van der Waals surface area contributed by atoms with Crippen LogP contribution in [-0.4, -0.2) is 24.1 Å². The molecule has 14 heavy (non-hydrogen) atoms. The van der Waals surface area contributed by atoms with Gasteiger partial charge in [-0.15, -0.1) is 0 Å². The van der Waals surface area contributed by atoms with Crippen LogP contribution in [-0.2, 0) is 4.74 Å². The molecule has 2 rings (SSSR count). The average molecular weight is 193 g/mol. The third-order valence-electron chi connectivity index (χ3n) is 3.07. The third kappa shape index (κ3) is 1.94. The van der Waals surface area contributed by atoms with Gasteiger partial charge >= 0.3 is 0 Å². The van der Waals surface area contributed by atoms with Gasteiger partial charge in [-0.05, 0) is 38.7 Å². The molecule has 0 aromatic rings. The number of likely N-dealkylation sites (tertiary alicyclic amines) is 1. The molecule has 0 N–H and O–H groups in total. The monoisotopic (exact) mass is 193 g/mol. The predicted molar refractivity (Wildman–Crippen MR) is 57.8 cm³/mol. The van der Waals surface area contributed by atoms with E-state index in [0.717, 1.165) is 18.6 Å². The van der Waals surface area contributed by atoms with Crippen molar-refractivity contribution in [1.29, 1.82) is 0 Å². The highest BCUT2D eigenvalue weighted by molar-refractivity contribution is 5.08. The zero-order valence-corrected chi connectivity index (χ0v) is 8.96. The van der Waals surface area contributed by atoms with Gasteiger partial charge in [-0.1, -0.05) is 6.58 Å². The van der Waals surface area contributed by atoms with Crippen LogP contribution in [0.25, 0.3) is 0 Å². The summed E-state index contributed by atoms with van der Waals surface area (Å²) < 4.78 is 5.78. The molecular formula is C12H19NO. The van der Waals surface area contributed by atoms with E-state index in [1.165, 1.54) is 31.6 Å². The van der Waals surface area contributed by atoms with Crippen LogP contribution in [0, 0.1) is 0 Å². The quantitative estimate of drug-likeness (QED) is 0.668. The van der Waals surface area contributed by atoms with Crippen LogP contribution in [0.2, 0.25) is 0 Å². The lowest BCUT2D eigenvalue weighted by atomic mass is 10.1. The number of ether oxygens (including phenoxy) is 1. The molecule has 2 aliphatic rings. The molecule has 1 fully saturated rings. The molecule has 0 spiro atoms. The summed E-state index contributed by atoms with van der Waals surface area (Å²) in [7, 11) is 0.